The third-order valence-electron chi connectivity index (χ3n) is 4.59. The Balaban J connectivity index is 1.92. The van der Waals surface area contributed by atoms with Crippen molar-refractivity contribution in [2.24, 2.45) is 0 Å². The lowest BCUT2D eigenvalue weighted by Crippen LogP contribution is -2.08. The van der Waals surface area contributed by atoms with E-state index in [1.165, 1.54) is 5.56 Å². The normalized spacial score (nSPS) is 11.9. The number of aromatic carboxylic acids is 1. The number of aliphatic hydroxyl groups excluding tert-OH is 1. The Bertz CT molecular complexity index is 871. The number of carbonyl (C=O) groups is 1. The summed E-state index contributed by atoms with van der Waals surface area (Å²) >= 11 is 0. The topological polar surface area (TPSA) is 57.5 Å². The maximum absolute atomic E-state index is 11.3. The summed E-state index contributed by atoms with van der Waals surface area (Å²) in [6.45, 7) is 0.0143. The summed E-state index contributed by atoms with van der Waals surface area (Å²) in [5.74, 6) is -0.707. The Kier molecular flexibility index (Phi) is 5.82. The summed E-state index contributed by atoms with van der Waals surface area (Å²) in [7, 11) is 0. The van der Waals surface area contributed by atoms with Crippen molar-refractivity contribution >= 4 is 5.97 Å². The van der Waals surface area contributed by atoms with Gasteiger partial charge in [-0.1, -0.05) is 66.7 Å². The van der Waals surface area contributed by atoms with Crippen molar-refractivity contribution in [3.8, 4) is 0 Å². The highest BCUT2D eigenvalue weighted by molar-refractivity contribution is 5.87. The fourth-order valence-corrected chi connectivity index (χ4v) is 3.27. The second kappa shape index (κ2) is 8.45. The molecule has 0 saturated heterocycles. The Morgan fingerprint density at radius 2 is 1.42 bits per heavy atom. The lowest BCUT2D eigenvalue weighted by molar-refractivity contribution is 0.0696. The first-order chi connectivity index (χ1) is 12.7. The van der Waals surface area contributed by atoms with Gasteiger partial charge in [-0.15, -0.1) is 0 Å². The molecule has 1 unspecified atom stereocenters. The molecule has 3 heteroatoms. The standard InChI is InChI=1S/C23H22O3/c24-16-19-9-5-10-20(15-19)22(12-17-6-2-1-3-7-17)14-18-8-4-11-21(13-18)23(25)26/h1-11,13,15,22,24H,12,14,16H2,(H,25,26). The first-order valence-electron chi connectivity index (χ1n) is 8.71. The molecule has 0 aliphatic heterocycles. The first-order valence-corrected chi connectivity index (χ1v) is 8.71. The maximum Gasteiger partial charge on any atom is 0.335 e. The van der Waals surface area contributed by atoms with Gasteiger partial charge in [0.05, 0.1) is 12.2 Å². The van der Waals surface area contributed by atoms with E-state index in [1.54, 1.807) is 18.2 Å². The molecule has 3 aromatic rings. The Morgan fingerprint density at radius 3 is 2.15 bits per heavy atom. The average Bonchev–Trinajstić information content (AvgIpc) is 2.68. The van der Waals surface area contributed by atoms with Crippen LogP contribution in [-0.2, 0) is 19.4 Å². The van der Waals surface area contributed by atoms with E-state index in [-0.39, 0.29) is 12.5 Å². The zero-order valence-electron chi connectivity index (χ0n) is 14.5. The minimum Gasteiger partial charge on any atom is -0.478 e. The number of hydrogen-bond acceptors (Lipinski definition) is 2. The highest BCUT2D eigenvalue weighted by atomic mass is 16.4. The molecule has 3 nitrogen and oxygen atoms in total. The molecule has 0 fully saturated rings. The second-order valence-electron chi connectivity index (χ2n) is 6.50. The quantitative estimate of drug-likeness (QED) is 0.665. The molecule has 2 N–H and O–H groups in total. The van der Waals surface area contributed by atoms with Crippen molar-refractivity contribution in [2.45, 2.75) is 25.4 Å². The van der Waals surface area contributed by atoms with Gasteiger partial charge in [0.2, 0.25) is 0 Å². The number of hydrogen-bond donors (Lipinski definition) is 2. The summed E-state index contributed by atoms with van der Waals surface area (Å²) in [5, 5.41) is 18.7. The molecule has 1 atom stereocenters. The van der Waals surface area contributed by atoms with Crippen LogP contribution in [0.5, 0.6) is 0 Å². The van der Waals surface area contributed by atoms with E-state index in [9.17, 15) is 15.0 Å². The summed E-state index contributed by atoms with van der Waals surface area (Å²) < 4.78 is 0. The number of aliphatic hydroxyl groups is 1. The highest BCUT2D eigenvalue weighted by Gasteiger charge is 2.15. The van der Waals surface area contributed by atoms with Crippen LogP contribution < -0.4 is 0 Å². The van der Waals surface area contributed by atoms with Crippen LogP contribution in [0.1, 0.15) is 38.5 Å². The number of carboxylic acid groups (broad SMARTS) is 1. The van der Waals surface area contributed by atoms with Crippen LogP contribution in [0.25, 0.3) is 0 Å². The van der Waals surface area contributed by atoms with Crippen molar-refractivity contribution in [2.75, 3.05) is 0 Å². The summed E-state index contributed by atoms with van der Waals surface area (Å²) in [6.07, 6.45) is 1.60. The largest absolute Gasteiger partial charge is 0.478 e. The van der Waals surface area contributed by atoms with Gasteiger partial charge >= 0.3 is 5.97 Å². The monoisotopic (exact) mass is 346 g/mol. The SMILES string of the molecule is O=C(O)c1cccc(CC(Cc2ccccc2)c2cccc(CO)c2)c1. The van der Waals surface area contributed by atoms with Gasteiger partial charge in [-0.3, -0.25) is 0 Å². The molecular weight excluding hydrogens is 324 g/mol. The fourth-order valence-electron chi connectivity index (χ4n) is 3.27. The van der Waals surface area contributed by atoms with Gasteiger partial charge in [-0.25, -0.2) is 4.79 Å². The Labute approximate surface area is 153 Å². The van der Waals surface area contributed by atoms with Crippen LogP contribution in [0.3, 0.4) is 0 Å². The smallest absolute Gasteiger partial charge is 0.335 e. The van der Waals surface area contributed by atoms with Crippen molar-refractivity contribution in [1.29, 1.82) is 0 Å². The van der Waals surface area contributed by atoms with E-state index >= 15 is 0 Å². The molecule has 0 spiro atoms. The number of benzene rings is 3. The molecule has 0 saturated carbocycles. The molecule has 0 aromatic heterocycles. The van der Waals surface area contributed by atoms with E-state index in [0.29, 0.717) is 5.56 Å². The van der Waals surface area contributed by atoms with Crippen LogP contribution in [0, 0.1) is 0 Å². The zero-order chi connectivity index (χ0) is 18.4. The zero-order valence-corrected chi connectivity index (χ0v) is 14.5. The van der Waals surface area contributed by atoms with Gasteiger partial charge in [0, 0.05) is 0 Å². The summed E-state index contributed by atoms with van der Waals surface area (Å²) in [4.78, 5) is 11.3. The van der Waals surface area contributed by atoms with Crippen LogP contribution in [-0.4, -0.2) is 16.2 Å². The molecule has 0 radical (unpaired) electrons. The van der Waals surface area contributed by atoms with Crippen molar-refractivity contribution in [3.63, 3.8) is 0 Å². The van der Waals surface area contributed by atoms with Crippen LogP contribution in [0.4, 0.5) is 0 Å². The third-order valence-corrected chi connectivity index (χ3v) is 4.59. The Hall–Kier alpha value is -2.91. The maximum atomic E-state index is 11.3. The minimum absolute atomic E-state index is 0.0143. The van der Waals surface area contributed by atoms with Gasteiger partial charge in [-0.05, 0) is 53.1 Å². The van der Waals surface area contributed by atoms with Gasteiger partial charge in [-0.2, -0.15) is 0 Å². The van der Waals surface area contributed by atoms with E-state index in [1.807, 2.05) is 42.5 Å². The van der Waals surface area contributed by atoms with E-state index in [0.717, 1.165) is 29.5 Å². The fraction of sp³-hybridized carbons (Fsp3) is 0.174. The molecule has 3 rings (SSSR count). The molecule has 132 valence electrons. The van der Waals surface area contributed by atoms with Crippen LogP contribution in [0.15, 0.2) is 78.9 Å². The lowest BCUT2D eigenvalue weighted by atomic mass is 9.86. The van der Waals surface area contributed by atoms with Gasteiger partial charge in [0.1, 0.15) is 0 Å². The van der Waals surface area contributed by atoms with Gasteiger partial charge < -0.3 is 10.2 Å². The van der Waals surface area contributed by atoms with E-state index in [2.05, 4.69) is 18.2 Å². The number of carboxylic acids is 1. The lowest BCUT2D eigenvalue weighted by Gasteiger charge is -2.19. The molecular formula is C23H22O3. The molecule has 0 aliphatic rings. The summed E-state index contributed by atoms with van der Waals surface area (Å²) in [6, 6.07) is 25.4. The molecule has 3 aromatic carbocycles. The molecule has 0 aliphatic carbocycles. The predicted molar refractivity (Wildman–Crippen MR) is 102 cm³/mol. The first kappa shape index (κ1) is 17.9. The molecule has 0 amide bonds. The van der Waals surface area contributed by atoms with Crippen molar-refractivity contribution in [3.05, 3.63) is 107 Å². The Morgan fingerprint density at radius 1 is 0.769 bits per heavy atom. The highest BCUT2D eigenvalue weighted by Crippen LogP contribution is 2.26. The third kappa shape index (κ3) is 4.58. The van der Waals surface area contributed by atoms with Crippen LogP contribution >= 0.6 is 0 Å². The van der Waals surface area contributed by atoms with Gasteiger partial charge in [0.25, 0.3) is 0 Å². The predicted octanol–water partition coefficient (Wildman–Crippen LogP) is 4.45. The second-order valence-corrected chi connectivity index (χ2v) is 6.50. The van der Waals surface area contributed by atoms with E-state index < -0.39 is 5.97 Å². The van der Waals surface area contributed by atoms with E-state index in [4.69, 9.17) is 0 Å². The molecule has 0 bridgehead atoms. The minimum atomic E-state index is -0.909. The average molecular weight is 346 g/mol. The van der Waals surface area contributed by atoms with Crippen molar-refractivity contribution in [1.82, 2.24) is 0 Å². The van der Waals surface area contributed by atoms with Crippen LogP contribution in [0.2, 0.25) is 0 Å². The molecule has 26 heavy (non-hydrogen) atoms. The summed E-state index contributed by atoms with van der Waals surface area (Å²) in [5.41, 5.74) is 4.59. The van der Waals surface area contributed by atoms with Gasteiger partial charge in [0.15, 0.2) is 0 Å². The number of rotatable bonds is 7. The van der Waals surface area contributed by atoms with Crippen molar-refractivity contribution < 1.29 is 15.0 Å². The molecule has 0 heterocycles.